The van der Waals surface area contributed by atoms with E-state index in [0.717, 1.165) is 5.56 Å². The van der Waals surface area contributed by atoms with Gasteiger partial charge in [0.15, 0.2) is 16.3 Å². The maximum atomic E-state index is 14.1. The first-order chi connectivity index (χ1) is 20.7. The number of hydrogen-bond donors (Lipinski definition) is 0. The van der Waals surface area contributed by atoms with E-state index in [1.807, 2.05) is 18.2 Å². The number of hydrogen-bond acceptors (Lipinski definition) is 8. The minimum absolute atomic E-state index is 0.172. The lowest BCUT2D eigenvalue weighted by molar-refractivity contribution is -0.139. The summed E-state index contributed by atoms with van der Waals surface area (Å²) in [5, 5.41) is 1.10. The molecule has 222 valence electrons. The van der Waals surface area contributed by atoms with Crippen LogP contribution in [0.3, 0.4) is 0 Å². The second-order valence-corrected chi connectivity index (χ2v) is 11.4. The summed E-state index contributed by atoms with van der Waals surface area (Å²) >= 11 is 13.7. The molecule has 0 bridgehead atoms. The quantitative estimate of drug-likeness (QED) is 0.219. The van der Waals surface area contributed by atoms with Gasteiger partial charge in [0.2, 0.25) is 0 Å². The van der Waals surface area contributed by atoms with Gasteiger partial charge < -0.3 is 18.9 Å². The van der Waals surface area contributed by atoms with E-state index in [1.165, 1.54) is 30.1 Å². The van der Waals surface area contributed by atoms with Gasteiger partial charge >= 0.3 is 5.97 Å². The van der Waals surface area contributed by atoms with Crippen molar-refractivity contribution in [2.24, 2.45) is 4.99 Å². The fourth-order valence-electron chi connectivity index (χ4n) is 4.82. The van der Waals surface area contributed by atoms with Gasteiger partial charge in [-0.1, -0.05) is 52.7 Å². The average Bonchev–Trinajstić information content (AvgIpc) is 3.29. The van der Waals surface area contributed by atoms with Crippen molar-refractivity contribution in [3.63, 3.8) is 0 Å². The minimum atomic E-state index is -0.810. The lowest BCUT2D eigenvalue weighted by Gasteiger charge is -2.25. The fraction of sp³-hybridized carbons (Fsp3) is 0.219. The van der Waals surface area contributed by atoms with Crippen LogP contribution in [-0.2, 0) is 16.1 Å². The van der Waals surface area contributed by atoms with Crippen LogP contribution in [-0.4, -0.2) is 31.4 Å². The van der Waals surface area contributed by atoms with Gasteiger partial charge in [-0.05, 0) is 73.5 Å². The van der Waals surface area contributed by atoms with Gasteiger partial charge in [-0.25, -0.2) is 9.79 Å². The number of halogens is 2. The van der Waals surface area contributed by atoms with Gasteiger partial charge in [0.25, 0.3) is 5.56 Å². The first-order valence-electron chi connectivity index (χ1n) is 13.3. The fourth-order valence-corrected chi connectivity index (χ4v) is 6.25. The number of esters is 1. The summed E-state index contributed by atoms with van der Waals surface area (Å²) in [6.45, 7) is 3.90. The Bertz CT molecular complexity index is 1910. The highest BCUT2D eigenvalue weighted by Gasteiger charge is 2.34. The number of fused-ring (bicyclic) bond motifs is 1. The molecule has 1 atom stereocenters. The van der Waals surface area contributed by atoms with Crippen LogP contribution in [0.15, 0.2) is 81.7 Å². The Morgan fingerprint density at radius 1 is 1.00 bits per heavy atom. The van der Waals surface area contributed by atoms with E-state index < -0.39 is 12.0 Å². The van der Waals surface area contributed by atoms with E-state index in [0.29, 0.717) is 53.5 Å². The molecule has 4 aromatic rings. The Morgan fingerprint density at radius 2 is 1.74 bits per heavy atom. The molecule has 43 heavy (non-hydrogen) atoms. The summed E-state index contributed by atoms with van der Waals surface area (Å²) in [7, 11) is 3.06. The summed E-state index contributed by atoms with van der Waals surface area (Å²) < 4.78 is 24.3. The number of aromatic nitrogens is 1. The topological polar surface area (TPSA) is 88.4 Å². The molecule has 1 aromatic heterocycles. The first-order valence-corrected chi connectivity index (χ1v) is 14.9. The monoisotopic (exact) mass is 638 g/mol. The third kappa shape index (κ3) is 6.34. The van der Waals surface area contributed by atoms with E-state index in [9.17, 15) is 9.59 Å². The van der Waals surface area contributed by atoms with Gasteiger partial charge in [-0.15, -0.1) is 0 Å². The molecule has 3 aromatic carbocycles. The lowest BCUT2D eigenvalue weighted by atomic mass is 9.95. The molecule has 0 aliphatic carbocycles. The molecule has 1 aliphatic rings. The molecule has 0 radical (unpaired) electrons. The van der Waals surface area contributed by atoms with Crippen molar-refractivity contribution < 1.29 is 23.7 Å². The predicted molar refractivity (Wildman–Crippen MR) is 167 cm³/mol. The number of benzene rings is 3. The molecular weight excluding hydrogens is 611 g/mol. The maximum Gasteiger partial charge on any atom is 0.338 e. The molecule has 0 unspecified atom stereocenters. The number of thiazole rings is 1. The second kappa shape index (κ2) is 13.1. The molecule has 0 saturated carbocycles. The third-order valence-corrected chi connectivity index (χ3v) is 8.24. The van der Waals surface area contributed by atoms with Crippen LogP contribution in [0.2, 0.25) is 10.0 Å². The lowest BCUT2D eigenvalue weighted by Crippen LogP contribution is -2.40. The van der Waals surface area contributed by atoms with Gasteiger partial charge in [0.1, 0.15) is 12.4 Å². The number of methoxy groups -OCH3 is 2. The SMILES string of the molecule is CCOC(=O)C1=C(C)N=c2s/c(=C\c3cc(Cl)ccc3OCc3cccc(Cl)c3)c(=O)n2[C@@H]1c1ccc(OC)c(OC)c1. The van der Waals surface area contributed by atoms with E-state index >= 15 is 0 Å². The highest BCUT2D eigenvalue weighted by atomic mass is 35.5. The Hall–Kier alpha value is -4.05. The number of carbonyl (C=O) groups is 1. The van der Waals surface area contributed by atoms with Crippen molar-refractivity contribution in [2.75, 3.05) is 20.8 Å². The standard InChI is InChI=1S/C32H28Cl2N2O6S/c1-5-41-31(38)28-18(2)35-32-36(29(28)20-9-11-25(39-3)26(15-20)40-4)30(37)27(43-32)16-21-14-23(34)10-12-24(21)42-17-19-7-6-8-22(33)13-19/h6-16,29H,5,17H2,1-4H3/b27-16-/t29-/m1/s1. The van der Waals surface area contributed by atoms with E-state index in [1.54, 1.807) is 62.4 Å². The zero-order valence-electron chi connectivity index (χ0n) is 23.9. The van der Waals surface area contributed by atoms with Crippen LogP contribution in [0.5, 0.6) is 17.2 Å². The van der Waals surface area contributed by atoms with Crippen LogP contribution in [0.4, 0.5) is 0 Å². The van der Waals surface area contributed by atoms with E-state index in [2.05, 4.69) is 4.99 Å². The molecule has 1 aliphatic heterocycles. The van der Waals surface area contributed by atoms with Crippen molar-refractivity contribution in [3.05, 3.63) is 118 Å². The minimum Gasteiger partial charge on any atom is -0.493 e. The van der Waals surface area contributed by atoms with Crippen LogP contribution < -0.4 is 29.1 Å². The van der Waals surface area contributed by atoms with Crippen molar-refractivity contribution in [3.8, 4) is 17.2 Å². The zero-order valence-corrected chi connectivity index (χ0v) is 26.2. The highest BCUT2D eigenvalue weighted by Crippen LogP contribution is 2.36. The highest BCUT2D eigenvalue weighted by molar-refractivity contribution is 7.07. The average molecular weight is 640 g/mol. The molecule has 2 heterocycles. The summed E-state index contributed by atoms with van der Waals surface area (Å²) in [6.07, 6.45) is 1.72. The first kappa shape index (κ1) is 30.4. The van der Waals surface area contributed by atoms with Crippen LogP contribution in [0.1, 0.15) is 36.6 Å². The Kier molecular flexibility index (Phi) is 9.25. The van der Waals surface area contributed by atoms with Crippen LogP contribution in [0, 0.1) is 0 Å². The third-order valence-electron chi connectivity index (χ3n) is 6.78. The largest absolute Gasteiger partial charge is 0.493 e. The molecule has 5 rings (SSSR count). The van der Waals surface area contributed by atoms with Gasteiger partial charge in [0, 0.05) is 15.6 Å². The number of allylic oxidation sites excluding steroid dienone is 1. The van der Waals surface area contributed by atoms with Crippen LogP contribution >= 0.6 is 34.5 Å². The molecule has 0 fully saturated rings. The smallest absolute Gasteiger partial charge is 0.338 e. The van der Waals surface area contributed by atoms with Crippen molar-refractivity contribution in [1.82, 2.24) is 4.57 Å². The van der Waals surface area contributed by atoms with Gasteiger partial charge in [0.05, 0.1) is 42.7 Å². The summed E-state index contributed by atoms with van der Waals surface area (Å²) in [5.41, 5.74) is 2.53. The number of ether oxygens (including phenoxy) is 4. The number of rotatable bonds is 9. The van der Waals surface area contributed by atoms with Gasteiger partial charge in [-0.3, -0.25) is 9.36 Å². The molecule has 11 heteroatoms. The number of nitrogens with zero attached hydrogens (tertiary/aromatic N) is 2. The summed E-state index contributed by atoms with van der Waals surface area (Å²) in [4.78, 5) is 32.4. The van der Waals surface area contributed by atoms with Crippen molar-refractivity contribution in [1.29, 1.82) is 0 Å². The normalized spacial score (nSPS) is 14.7. The van der Waals surface area contributed by atoms with Crippen molar-refractivity contribution in [2.45, 2.75) is 26.5 Å². The molecule has 0 N–H and O–H groups in total. The maximum absolute atomic E-state index is 14.1. The molecule has 0 saturated heterocycles. The second-order valence-electron chi connectivity index (χ2n) is 9.52. The molecule has 8 nitrogen and oxygen atoms in total. The van der Waals surface area contributed by atoms with E-state index in [-0.39, 0.29) is 24.3 Å². The Morgan fingerprint density at radius 3 is 2.47 bits per heavy atom. The van der Waals surface area contributed by atoms with Crippen LogP contribution in [0.25, 0.3) is 6.08 Å². The Labute approximate surface area is 262 Å². The molecule has 0 spiro atoms. The van der Waals surface area contributed by atoms with Gasteiger partial charge in [-0.2, -0.15) is 0 Å². The predicted octanol–water partition coefficient (Wildman–Crippen LogP) is 5.70. The Balaban J connectivity index is 1.64. The summed E-state index contributed by atoms with van der Waals surface area (Å²) in [5.74, 6) is 0.961. The van der Waals surface area contributed by atoms with E-state index in [4.69, 9.17) is 42.1 Å². The molecule has 0 amide bonds. The zero-order chi connectivity index (χ0) is 30.7. The summed E-state index contributed by atoms with van der Waals surface area (Å²) in [6, 6.07) is 17.1. The molecular formula is C32H28Cl2N2O6S. The number of carbonyl (C=O) groups excluding carboxylic acids is 1. The van der Waals surface area contributed by atoms with Crippen molar-refractivity contribution >= 4 is 46.6 Å².